The lowest BCUT2D eigenvalue weighted by atomic mass is 10.0. The highest BCUT2D eigenvalue weighted by molar-refractivity contribution is 5.20. The molecule has 1 aromatic rings. The van der Waals surface area contributed by atoms with Crippen molar-refractivity contribution in [3.63, 3.8) is 0 Å². The molecule has 0 fully saturated rings. The van der Waals surface area contributed by atoms with E-state index in [9.17, 15) is 0 Å². The summed E-state index contributed by atoms with van der Waals surface area (Å²) in [5, 5.41) is 0. The van der Waals surface area contributed by atoms with Gasteiger partial charge in [-0.25, -0.2) is 0 Å². The van der Waals surface area contributed by atoms with E-state index >= 15 is 0 Å². The number of hydrogen-bond donors (Lipinski definition) is 1. The van der Waals surface area contributed by atoms with E-state index in [0.29, 0.717) is 0 Å². The monoisotopic (exact) mass is 167 g/mol. The number of aryl methyl sites for hydroxylation is 1. The Morgan fingerprint density at radius 1 is 1.50 bits per heavy atom. The standard InChI is InChI=1S/C10H17NO/c1-3-5-9(11)8-6-7-12-10(8)4-2/h6-7,9H,3-5,11H2,1-2H3. The topological polar surface area (TPSA) is 39.2 Å². The molecule has 0 spiro atoms. The molecule has 0 radical (unpaired) electrons. The molecule has 0 saturated carbocycles. The maximum absolute atomic E-state index is 5.97. The molecular weight excluding hydrogens is 150 g/mol. The van der Waals surface area contributed by atoms with E-state index in [4.69, 9.17) is 10.2 Å². The smallest absolute Gasteiger partial charge is 0.108 e. The number of furan rings is 1. The zero-order valence-electron chi connectivity index (χ0n) is 7.84. The van der Waals surface area contributed by atoms with Crippen molar-refractivity contribution in [2.75, 3.05) is 0 Å². The van der Waals surface area contributed by atoms with Crippen molar-refractivity contribution in [3.05, 3.63) is 23.7 Å². The summed E-state index contributed by atoms with van der Waals surface area (Å²) >= 11 is 0. The Labute approximate surface area is 73.8 Å². The van der Waals surface area contributed by atoms with Gasteiger partial charge in [0, 0.05) is 18.0 Å². The number of nitrogens with two attached hydrogens (primary N) is 1. The van der Waals surface area contributed by atoms with E-state index in [-0.39, 0.29) is 6.04 Å². The van der Waals surface area contributed by atoms with Crippen LogP contribution in [0.25, 0.3) is 0 Å². The minimum Gasteiger partial charge on any atom is -0.469 e. The fourth-order valence-corrected chi connectivity index (χ4v) is 1.43. The van der Waals surface area contributed by atoms with Gasteiger partial charge in [-0.05, 0) is 12.5 Å². The third-order valence-corrected chi connectivity index (χ3v) is 2.10. The maximum atomic E-state index is 5.97. The van der Waals surface area contributed by atoms with Crippen molar-refractivity contribution in [3.8, 4) is 0 Å². The van der Waals surface area contributed by atoms with Crippen molar-refractivity contribution >= 4 is 0 Å². The molecule has 0 aliphatic heterocycles. The Balaban J connectivity index is 2.71. The third kappa shape index (κ3) is 1.89. The molecule has 0 saturated heterocycles. The molecule has 1 unspecified atom stereocenters. The van der Waals surface area contributed by atoms with Crippen molar-refractivity contribution in [1.29, 1.82) is 0 Å². The van der Waals surface area contributed by atoms with Crippen molar-refractivity contribution in [2.45, 2.75) is 39.2 Å². The van der Waals surface area contributed by atoms with Crippen LogP contribution in [-0.4, -0.2) is 0 Å². The molecular formula is C10H17NO. The summed E-state index contributed by atoms with van der Waals surface area (Å²) in [6, 6.07) is 2.14. The molecule has 2 N–H and O–H groups in total. The Bertz CT molecular complexity index is 229. The van der Waals surface area contributed by atoms with Crippen LogP contribution in [0.15, 0.2) is 16.7 Å². The highest BCUT2D eigenvalue weighted by atomic mass is 16.3. The first-order chi connectivity index (χ1) is 5.79. The number of rotatable bonds is 4. The van der Waals surface area contributed by atoms with Gasteiger partial charge < -0.3 is 10.2 Å². The van der Waals surface area contributed by atoms with Gasteiger partial charge in [0.05, 0.1) is 6.26 Å². The Morgan fingerprint density at radius 3 is 2.83 bits per heavy atom. The summed E-state index contributed by atoms with van der Waals surface area (Å²) in [6.07, 6.45) is 4.81. The fraction of sp³-hybridized carbons (Fsp3) is 0.600. The summed E-state index contributed by atoms with van der Waals surface area (Å²) in [7, 11) is 0. The van der Waals surface area contributed by atoms with Crippen LogP contribution in [0.1, 0.15) is 44.1 Å². The molecule has 68 valence electrons. The van der Waals surface area contributed by atoms with E-state index in [2.05, 4.69) is 13.8 Å². The first kappa shape index (κ1) is 9.33. The number of hydrogen-bond acceptors (Lipinski definition) is 2. The quantitative estimate of drug-likeness (QED) is 0.748. The van der Waals surface area contributed by atoms with Crippen LogP contribution in [0, 0.1) is 0 Å². The third-order valence-electron chi connectivity index (χ3n) is 2.10. The second-order valence-corrected chi connectivity index (χ2v) is 3.05. The average molecular weight is 167 g/mol. The SMILES string of the molecule is CCCC(N)c1ccoc1CC. The molecule has 1 aromatic heterocycles. The van der Waals surface area contributed by atoms with Gasteiger partial charge in [0.15, 0.2) is 0 Å². The van der Waals surface area contributed by atoms with Gasteiger partial charge in [-0.3, -0.25) is 0 Å². The minimum absolute atomic E-state index is 0.156. The second kappa shape index (κ2) is 4.31. The fourth-order valence-electron chi connectivity index (χ4n) is 1.43. The molecule has 12 heavy (non-hydrogen) atoms. The normalized spacial score (nSPS) is 13.2. The molecule has 1 heterocycles. The minimum atomic E-state index is 0.156. The summed E-state index contributed by atoms with van der Waals surface area (Å²) in [4.78, 5) is 0. The molecule has 2 heteroatoms. The zero-order chi connectivity index (χ0) is 8.97. The predicted octanol–water partition coefficient (Wildman–Crippen LogP) is 2.64. The van der Waals surface area contributed by atoms with Gasteiger partial charge in [-0.15, -0.1) is 0 Å². The first-order valence-corrected chi connectivity index (χ1v) is 4.61. The van der Waals surface area contributed by atoms with Gasteiger partial charge in [0.2, 0.25) is 0 Å². The highest BCUT2D eigenvalue weighted by Crippen LogP contribution is 2.21. The zero-order valence-corrected chi connectivity index (χ0v) is 7.84. The van der Waals surface area contributed by atoms with Crippen molar-refractivity contribution < 1.29 is 4.42 Å². The molecule has 1 rings (SSSR count). The Hall–Kier alpha value is -0.760. The van der Waals surface area contributed by atoms with Gasteiger partial charge in [-0.1, -0.05) is 20.3 Å². The summed E-state index contributed by atoms with van der Waals surface area (Å²) < 4.78 is 5.30. The van der Waals surface area contributed by atoms with Crippen LogP contribution in [0.5, 0.6) is 0 Å². The molecule has 0 bridgehead atoms. The van der Waals surface area contributed by atoms with Crippen LogP contribution in [0.2, 0.25) is 0 Å². The summed E-state index contributed by atoms with van der Waals surface area (Å²) in [5.74, 6) is 1.04. The summed E-state index contributed by atoms with van der Waals surface area (Å²) in [6.45, 7) is 4.23. The molecule has 1 atom stereocenters. The summed E-state index contributed by atoms with van der Waals surface area (Å²) in [5.41, 5.74) is 7.15. The molecule has 0 amide bonds. The van der Waals surface area contributed by atoms with Crippen LogP contribution in [0.3, 0.4) is 0 Å². The van der Waals surface area contributed by atoms with Crippen molar-refractivity contribution in [2.24, 2.45) is 5.73 Å². The van der Waals surface area contributed by atoms with Crippen LogP contribution < -0.4 is 5.73 Å². The van der Waals surface area contributed by atoms with Crippen LogP contribution in [-0.2, 0) is 6.42 Å². The van der Waals surface area contributed by atoms with E-state index in [0.717, 1.165) is 25.0 Å². The van der Waals surface area contributed by atoms with Crippen LogP contribution >= 0.6 is 0 Å². The lowest BCUT2D eigenvalue weighted by molar-refractivity contribution is 0.502. The van der Waals surface area contributed by atoms with E-state index in [1.807, 2.05) is 6.07 Å². The van der Waals surface area contributed by atoms with Gasteiger partial charge in [0.1, 0.15) is 5.76 Å². The maximum Gasteiger partial charge on any atom is 0.108 e. The average Bonchev–Trinajstić information content (AvgIpc) is 2.51. The highest BCUT2D eigenvalue weighted by Gasteiger charge is 2.11. The molecule has 0 aliphatic rings. The lowest BCUT2D eigenvalue weighted by Gasteiger charge is -2.08. The van der Waals surface area contributed by atoms with E-state index < -0.39 is 0 Å². The van der Waals surface area contributed by atoms with Crippen molar-refractivity contribution in [1.82, 2.24) is 0 Å². The lowest BCUT2D eigenvalue weighted by Crippen LogP contribution is -2.10. The van der Waals surface area contributed by atoms with Gasteiger partial charge in [-0.2, -0.15) is 0 Å². The first-order valence-electron chi connectivity index (χ1n) is 4.61. The molecule has 2 nitrogen and oxygen atoms in total. The van der Waals surface area contributed by atoms with E-state index in [1.54, 1.807) is 6.26 Å². The molecule has 0 aliphatic carbocycles. The Kier molecular flexibility index (Phi) is 3.35. The Morgan fingerprint density at radius 2 is 2.25 bits per heavy atom. The predicted molar refractivity (Wildman–Crippen MR) is 49.9 cm³/mol. The van der Waals surface area contributed by atoms with Gasteiger partial charge >= 0.3 is 0 Å². The van der Waals surface area contributed by atoms with Crippen LogP contribution in [0.4, 0.5) is 0 Å². The second-order valence-electron chi connectivity index (χ2n) is 3.05. The van der Waals surface area contributed by atoms with Gasteiger partial charge in [0.25, 0.3) is 0 Å². The largest absolute Gasteiger partial charge is 0.469 e. The molecule has 0 aromatic carbocycles. The van der Waals surface area contributed by atoms with E-state index in [1.165, 1.54) is 5.56 Å².